The van der Waals surface area contributed by atoms with Crippen molar-refractivity contribution in [3.8, 4) is 0 Å². The number of fused-ring (bicyclic) bond motifs is 3. The van der Waals surface area contributed by atoms with Crippen LogP contribution in [0.2, 0.25) is 0 Å². The van der Waals surface area contributed by atoms with Crippen molar-refractivity contribution in [2.45, 2.75) is 0 Å². The van der Waals surface area contributed by atoms with Crippen LogP contribution in [0.25, 0.3) is 15.3 Å². The Balaban J connectivity index is 1.20. The van der Waals surface area contributed by atoms with Crippen molar-refractivity contribution < 1.29 is 14.3 Å². The number of thiazole rings is 1. The van der Waals surface area contributed by atoms with Crippen molar-refractivity contribution in [1.29, 1.82) is 0 Å². The molecule has 3 aromatic heterocycles. The minimum atomic E-state index is -0.238. The van der Waals surface area contributed by atoms with Gasteiger partial charge in [-0.05, 0) is 30.3 Å². The third-order valence-electron chi connectivity index (χ3n) is 5.21. The largest absolute Gasteiger partial charge is 0.378 e. The molecule has 0 atom stereocenters. The van der Waals surface area contributed by atoms with E-state index in [9.17, 15) is 9.59 Å². The maximum Gasteiger partial charge on any atom is 0.264 e. The van der Waals surface area contributed by atoms with Gasteiger partial charge in [0.05, 0.1) is 30.2 Å². The lowest BCUT2D eigenvalue weighted by Gasteiger charge is -2.28. The van der Waals surface area contributed by atoms with Gasteiger partial charge in [-0.3, -0.25) is 14.0 Å². The molecule has 0 bridgehead atoms. The van der Waals surface area contributed by atoms with Crippen molar-refractivity contribution in [3.05, 3.63) is 46.8 Å². The van der Waals surface area contributed by atoms with Gasteiger partial charge >= 0.3 is 0 Å². The molecule has 0 saturated carbocycles. The van der Waals surface area contributed by atoms with E-state index in [-0.39, 0.29) is 18.4 Å². The van der Waals surface area contributed by atoms with Gasteiger partial charge in [0, 0.05) is 43.1 Å². The number of carbonyl (C=O) groups excluding carboxylic acids is 2. The SMILES string of the molecule is CN(CC(=O)Nc1ccc(N2CCOCC2)cc1)C(=O)c1cc2c(nc3sccn32)s1. The Morgan fingerprint density at radius 1 is 1.23 bits per heavy atom. The first kappa shape index (κ1) is 20.0. The lowest BCUT2D eigenvalue weighted by atomic mass is 10.2. The van der Waals surface area contributed by atoms with Gasteiger partial charge in [0.25, 0.3) is 5.91 Å². The van der Waals surface area contributed by atoms with Gasteiger partial charge in [0.2, 0.25) is 5.91 Å². The monoisotopic (exact) mass is 455 g/mol. The summed E-state index contributed by atoms with van der Waals surface area (Å²) in [4.78, 5) is 35.8. The predicted octanol–water partition coefficient (Wildman–Crippen LogP) is 3.16. The number of amides is 2. The second kappa shape index (κ2) is 8.29. The van der Waals surface area contributed by atoms with Crippen molar-refractivity contribution in [1.82, 2.24) is 14.3 Å². The van der Waals surface area contributed by atoms with Gasteiger partial charge in [-0.15, -0.1) is 22.7 Å². The molecular weight excluding hydrogens is 434 g/mol. The highest BCUT2D eigenvalue weighted by molar-refractivity contribution is 7.21. The zero-order valence-corrected chi connectivity index (χ0v) is 18.5. The molecule has 4 heterocycles. The second-order valence-corrected chi connectivity index (χ2v) is 9.23. The van der Waals surface area contributed by atoms with Crippen LogP contribution in [0.15, 0.2) is 41.9 Å². The van der Waals surface area contributed by atoms with E-state index in [0.717, 1.165) is 47.3 Å². The summed E-state index contributed by atoms with van der Waals surface area (Å²) in [5.74, 6) is -0.428. The molecular formula is C21H21N5O3S2. The average molecular weight is 456 g/mol. The van der Waals surface area contributed by atoms with Crippen molar-refractivity contribution in [2.75, 3.05) is 50.1 Å². The quantitative estimate of drug-likeness (QED) is 0.500. The molecule has 4 aromatic rings. The Bertz CT molecular complexity index is 1240. The zero-order valence-electron chi connectivity index (χ0n) is 16.9. The Morgan fingerprint density at radius 2 is 2.00 bits per heavy atom. The number of morpholine rings is 1. The summed E-state index contributed by atoms with van der Waals surface area (Å²) in [5.41, 5.74) is 2.73. The van der Waals surface area contributed by atoms with E-state index in [4.69, 9.17) is 4.74 Å². The number of hydrogen-bond acceptors (Lipinski definition) is 7. The van der Waals surface area contributed by atoms with E-state index < -0.39 is 0 Å². The minimum absolute atomic E-state index is 0.0272. The zero-order chi connectivity index (χ0) is 21.4. The van der Waals surface area contributed by atoms with E-state index in [1.54, 1.807) is 18.4 Å². The molecule has 8 nitrogen and oxygen atoms in total. The summed E-state index contributed by atoms with van der Waals surface area (Å²) >= 11 is 2.91. The van der Waals surface area contributed by atoms with E-state index in [1.807, 2.05) is 46.3 Å². The van der Waals surface area contributed by atoms with Gasteiger partial charge in [-0.25, -0.2) is 4.98 Å². The number of likely N-dealkylation sites (N-methyl/N-ethyl adjacent to an activating group) is 1. The summed E-state index contributed by atoms with van der Waals surface area (Å²) in [6, 6.07) is 9.58. The van der Waals surface area contributed by atoms with Crippen LogP contribution in [0.4, 0.5) is 11.4 Å². The molecule has 1 N–H and O–H groups in total. The molecule has 2 amide bonds. The van der Waals surface area contributed by atoms with Crippen molar-refractivity contribution in [2.24, 2.45) is 0 Å². The third-order valence-corrected chi connectivity index (χ3v) is 6.97. The van der Waals surface area contributed by atoms with Crippen LogP contribution >= 0.6 is 22.7 Å². The molecule has 10 heteroatoms. The topological polar surface area (TPSA) is 79.2 Å². The van der Waals surface area contributed by atoms with Crippen LogP contribution in [-0.2, 0) is 9.53 Å². The molecule has 0 aliphatic carbocycles. The van der Waals surface area contributed by atoms with Gasteiger partial charge in [-0.1, -0.05) is 0 Å². The Labute approximate surface area is 186 Å². The molecule has 0 spiro atoms. The van der Waals surface area contributed by atoms with Crippen LogP contribution in [0.3, 0.4) is 0 Å². The number of hydrogen-bond donors (Lipinski definition) is 1. The summed E-state index contributed by atoms with van der Waals surface area (Å²) in [5, 5.41) is 4.83. The van der Waals surface area contributed by atoms with Crippen molar-refractivity contribution >= 4 is 61.2 Å². The molecule has 0 radical (unpaired) electrons. The number of carbonyl (C=O) groups is 2. The fourth-order valence-corrected chi connectivity index (χ4v) is 5.40. The first-order valence-corrected chi connectivity index (χ1v) is 11.6. The standard InChI is InChI=1S/C21H21N5O3S2/c1-24(20(28)17-12-16-19(31-17)23-21-26(16)8-11-30-21)13-18(27)22-14-2-4-15(5-3-14)25-6-9-29-10-7-25/h2-5,8,11-12H,6-7,9-10,13H2,1H3,(H,22,27). The molecule has 31 heavy (non-hydrogen) atoms. The normalized spacial score (nSPS) is 14.3. The maximum absolute atomic E-state index is 12.8. The van der Waals surface area contributed by atoms with Gasteiger partial charge in [0.1, 0.15) is 4.83 Å². The number of rotatable bonds is 5. The summed E-state index contributed by atoms with van der Waals surface area (Å²) in [7, 11) is 1.63. The smallest absolute Gasteiger partial charge is 0.264 e. The van der Waals surface area contributed by atoms with Gasteiger partial charge in [0.15, 0.2) is 4.96 Å². The Morgan fingerprint density at radius 3 is 2.77 bits per heavy atom. The lowest BCUT2D eigenvalue weighted by Crippen LogP contribution is -2.36. The number of ether oxygens (including phenoxy) is 1. The molecule has 1 aromatic carbocycles. The predicted molar refractivity (Wildman–Crippen MR) is 124 cm³/mol. The highest BCUT2D eigenvalue weighted by atomic mass is 32.1. The number of nitrogens with one attached hydrogen (secondary N) is 1. The molecule has 160 valence electrons. The number of imidazole rings is 1. The van der Waals surface area contributed by atoms with Gasteiger partial charge < -0.3 is 19.9 Å². The fourth-order valence-electron chi connectivity index (χ4n) is 3.61. The molecule has 5 rings (SSSR count). The Hall–Kier alpha value is -2.95. The first-order valence-electron chi connectivity index (χ1n) is 9.92. The highest BCUT2D eigenvalue weighted by Crippen LogP contribution is 2.29. The molecule has 1 aliphatic rings. The van der Waals surface area contributed by atoms with Gasteiger partial charge in [-0.2, -0.15) is 0 Å². The summed E-state index contributed by atoms with van der Waals surface area (Å²) in [6.45, 7) is 3.16. The van der Waals surface area contributed by atoms with E-state index in [2.05, 4.69) is 15.2 Å². The number of nitrogens with zero attached hydrogens (tertiary/aromatic N) is 4. The first-order chi connectivity index (χ1) is 15.1. The minimum Gasteiger partial charge on any atom is -0.378 e. The van der Waals surface area contributed by atoms with Crippen LogP contribution in [0, 0.1) is 0 Å². The van der Waals surface area contributed by atoms with E-state index in [1.165, 1.54) is 16.2 Å². The summed E-state index contributed by atoms with van der Waals surface area (Å²) in [6.07, 6.45) is 1.94. The van der Waals surface area contributed by atoms with Crippen LogP contribution in [0.5, 0.6) is 0 Å². The fraction of sp³-hybridized carbons (Fsp3) is 0.286. The van der Waals surface area contributed by atoms with Crippen LogP contribution in [0.1, 0.15) is 9.67 Å². The lowest BCUT2D eigenvalue weighted by molar-refractivity contribution is -0.116. The van der Waals surface area contributed by atoms with Crippen molar-refractivity contribution in [3.63, 3.8) is 0 Å². The maximum atomic E-state index is 12.8. The number of aromatic nitrogens is 2. The summed E-state index contributed by atoms with van der Waals surface area (Å²) < 4.78 is 7.35. The molecule has 0 unspecified atom stereocenters. The Kier molecular flexibility index (Phi) is 5.34. The highest BCUT2D eigenvalue weighted by Gasteiger charge is 2.20. The number of benzene rings is 1. The average Bonchev–Trinajstić information content (AvgIpc) is 3.47. The van der Waals surface area contributed by atoms with E-state index in [0.29, 0.717) is 10.6 Å². The molecule has 1 fully saturated rings. The number of anilines is 2. The number of thiophene rings is 1. The van der Waals surface area contributed by atoms with E-state index >= 15 is 0 Å². The third kappa shape index (κ3) is 4.01. The van der Waals surface area contributed by atoms with Crippen LogP contribution < -0.4 is 10.2 Å². The second-order valence-electron chi connectivity index (χ2n) is 7.32. The molecule has 1 saturated heterocycles. The molecule has 1 aliphatic heterocycles. The van der Waals surface area contributed by atoms with Crippen LogP contribution in [-0.4, -0.2) is 66.0 Å².